The summed E-state index contributed by atoms with van der Waals surface area (Å²) in [6.45, 7) is 0.484. The lowest BCUT2D eigenvalue weighted by molar-refractivity contribution is 0.0734. The predicted octanol–water partition coefficient (Wildman–Crippen LogP) is 5.08. The highest BCUT2D eigenvalue weighted by Crippen LogP contribution is 2.25. The van der Waals surface area contributed by atoms with Gasteiger partial charge in [-0.25, -0.2) is 4.98 Å². The van der Waals surface area contributed by atoms with Crippen LogP contribution in [0.25, 0.3) is 22.2 Å². The molecule has 1 atom stereocenters. The number of aromatic nitrogens is 2. The molecule has 0 radical (unpaired) electrons. The number of hydrogen-bond donors (Lipinski definition) is 1. The van der Waals surface area contributed by atoms with Crippen molar-refractivity contribution in [1.82, 2.24) is 14.9 Å². The van der Waals surface area contributed by atoms with Gasteiger partial charge in [-0.3, -0.25) is 4.79 Å². The third-order valence-electron chi connectivity index (χ3n) is 6.14. The first-order valence-corrected chi connectivity index (χ1v) is 11.2. The molecular weight excluding hydrogens is 412 g/mol. The summed E-state index contributed by atoms with van der Waals surface area (Å²) in [6, 6.07) is 26.1. The van der Waals surface area contributed by atoms with E-state index in [1.165, 1.54) is 0 Å². The zero-order chi connectivity index (χ0) is 22.6. The van der Waals surface area contributed by atoms with Crippen LogP contribution in [0, 0.1) is 0 Å². The third-order valence-corrected chi connectivity index (χ3v) is 6.14. The zero-order valence-corrected chi connectivity index (χ0v) is 18.6. The standard InChI is InChI=1S/C27H26N4O2/c1-33-30-22-17-23(15-16-26-28-24-9-5-6-10-25(24)29-26)31(18-22)27(32)21-13-11-20(12-14-21)19-7-3-2-4-8-19/h2-14,23H,15-18H2,1H3,(H,28,29). The van der Waals surface area contributed by atoms with E-state index < -0.39 is 0 Å². The van der Waals surface area contributed by atoms with E-state index in [9.17, 15) is 4.79 Å². The molecule has 1 aliphatic heterocycles. The normalized spacial score (nSPS) is 17.1. The van der Waals surface area contributed by atoms with E-state index in [1.807, 2.05) is 71.6 Å². The maximum absolute atomic E-state index is 13.4. The summed E-state index contributed by atoms with van der Waals surface area (Å²) in [5.41, 5.74) is 5.80. The topological polar surface area (TPSA) is 70.6 Å². The van der Waals surface area contributed by atoms with Crippen LogP contribution in [0.4, 0.5) is 0 Å². The first-order chi connectivity index (χ1) is 16.2. The van der Waals surface area contributed by atoms with Crippen molar-refractivity contribution in [3.8, 4) is 11.1 Å². The van der Waals surface area contributed by atoms with E-state index in [0.29, 0.717) is 18.5 Å². The van der Waals surface area contributed by atoms with Crippen LogP contribution >= 0.6 is 0 Å². The van der Waals surface area contributed by atoms with Gasteiger partial charge in [0.2, 0.25) is 0 Å². The number of fused-ring (bicyclic) bond motifs is 1. The summed E-state index contributed by atoms with van der Waals surface area (Å²) in [5.74, 6) is 0.957. The molecule has 1 fully saturated rings. The quantitative estimate of drug-likeness (QED) is 0.427. The van der Waals surface area contributed by atoms with Crippen LogP contribution in [-0.4, -0.2) is 46.2 Å². The fraction of sp³-hybridized carbons (Fsp3) is 0.222. The number of nitrogens with one attached hydrogen (secondary N) is 1. The van der Waals surface area contributed by atoms with Crippen LogP contribution in [0.3, 0.4) is 0 Å². The Morgan fingerprint density at radius 3 is 2.52 bits per heavy atom. The fourth-order valence-corrected chi connectivity index (χ4v) is 4.49. The molecule has 0 saturated carbocycles. The van der Waals surface area contributed by atoms with E-state index in [1.54, 1.807) is 7.11 Å². The van der Waals surface area contributed by atoms with Crippen molar-refractivity contribution < 1.29 is 9.63 Å². The molecule has 1 unspecified atom stereocenters. The fourth-order valence-electron chi connectivity index (χ4n) is 4.49. The highest BCUT2D eigenvalue weighted by Gasteiger charge is 2.33. The minimum Gasteiger partial charge on any atom is -0.399 e. The molecule has 3 aromatic carbocycles. The van der Waals surface area contributed by atoms with Crippen molar-refractivity contribution in [3.05, 3.63) is 90.3 Å². The minimum atomic E-state index is 0.0190. The molecule has 4 aromatic rings. The summed E-state index contributed by atoms with van der Waals surface area (Å²) in [4.78, 5) is 28.4. The average Bonchev–Trinajstić information content (AvgIpc) is 3.47. The largest absolute Gasteiger partial charge is 0.399 e. The van der Waals surface area contributed by atoms with Crippen molar-refractivity contribution in [2.24, 2.45) is 5.16 Å². The number of amides is 1. The predicted molar refractivity (Wildman–Crippen MR) is 130 cm³/mol. The van der Waals surface area contributed by atoms with Crippen LogP contribution in [-0.2, 0) is 11.3 Å². The van der Waals surface area contributed by atoms with Gasteiger partial charge in [0.1, 0.15) is 12.9 Å². The molecule has 1 saturated heterocycles. The van der Waals surface area contributed by atoms with Gasteiger partial charge >= 0.3 is 0 Å². The van der Waals surface area contributed by atoms with Crippen molar-refractivity contribution in [3.63, 3.8) is 0 Å². The SMILES string of the molecule is CON=C1CC(CCc2nc3ccccc3[nH]2)N(C(=O)c2ccc(-c3ccccc3)cc2)C1. The van der Waals surface area contributed by atoms with E-state index in [0.717, 1.165) is 46.5 Å². The maximum atomic E-state index is 13.4. The van der Waals surface area contributed by atoms with Gasteiger partial charge < -0.3 is 14.7 Å². The molecule has 6 nitrogen and oxygen atoms in total. The van der Waals surface area contributed by atoms with E-state index >= 15 is 0 Å². The number of aryl methyl sites for hydroxylation is 1. The van der Waals surface area contributed by atoms with Crippen molar-refractivity contribution >= 4 is 22.7 Å². The van der Waals surface area contributed by atoms with Gasteiger partial charge in [-0.15, -0.1) is 0 Å². The molecule has 2 heterocycles. The monoisotopic (exact) mass is 438 g/mol. The highest BCUT2D eigenvalue weighted by molar-refractivity contribution is 6.00. The molecule has 33 heavy (non-hydrogen) atoms. The number of carbonyl (C=O) groups excluding carboxylic acids is 1. The summed E-state index contributed by atoms with van der Waals surface area (Å²) < 4.78 is 0. The summed E-state index contributed by atoms with van der Waals surface area (Å²) >= 11 is 0. The number of nitrogens with zero attached hydrogens (tertiary/aromatic N) is 3. The smallest absolute Gasteiger partial charge is 0.254 e. The number of benzene rings is 3. The number of oxime groups is 1. The highest BCUT2D eigenvalue weighted by atomic mass is 16.6. The van der Waals surface area contributed by atoms with Gasteiger partial charge in [-0.05, 0) is 41.8 Å². The zero-order valence-electron chi connectivity index (χ0n) is 18.6. The maximum Gasteiger partial charge on any atom is 0.254 e. The second-order valence-electron chi connectivity index (χ2n) is 8.31. The Bertz CT molecular complexity index is 1250. The Balaban J connectivity index is 1.32. The van der Waals surface area contributed by atoms with Crippen LogP contribution < -0.4 is 0 Å². The number of hydrogen-bond acceptors (Lipinski definition) is 4. The molecule has 1 amide bonds. The van der Waals surface area contributed by atoms with E-state index in [2.05, 4.69) is 27.3 Å². The molecule has 5 rings (SSSR count). The van der Waals surface area contributed by atoms with Gasteiger partial charge in [-0.2, -0.15) is 0 Å². The van der Waals surface area contributed by atoms with Gasteiger partial charge in [0, 0.05) is 24.4 Å². The van der Waals surface area contributed by atoms with Crippen molar-refractivity contribution in [2.45, 2.75) is 25.3 Å². The first kappa shape index (κ1) is 20.9. The van der Waals surface area contributed by atoms with Gasteiger partial charge in [0.25, 0.3) is 5.91 Å². The molecule has 0 aliphatic carbocycles. The summed E-state index contributed by atoms with van der Waals surface area (Å²) in [7, 11) is 1.54. The van der Waals surface area contributed by atoms with Crippen LogP contribution in [0.15, 0.2) is 84.0 Å². The summed E-state index contributed by atoms with van der Waals surface area (Å²) in [6.07, 6.45) is 2.27. The number of aromatic amines is 1. The number of imidazole rings is 1. The molecule has 1 aromatic heterocycles. The molecule has 0 spiro atoms. The lowest BCUT2D eigenvalue weighted by Gasteiger charge is -2.24. The van der Waals surface area contributed by atoms with Crippen LogP contribution in [0.1, 0.15) is 29.0 Å². The Morgan fingerprint density at radius 1 is 1.03 bits per heavy atom. The van der Waals surface area contributed by atoms with E-state index in [4.69, 9.17) is 4.84 Å². The number of H-pyrrole nitrogens is 1. The van der Waals surface area contributed by atoms with Gasteiger partial charge in [-0.1, -0.05) is 59.8 Å². The number of carbonyl (C=O) groups is 1. The molecule has 1 aliphatic rings. The first-order valence-electron chi connectivity index (χ1n) is 11.2. The molecule has 0 bridgehead atoms. The van der Waals surface area contributed by atoms with Gasteiger partial charge in [0.15, 0.2) is 0 Å². The average molecular weight is 439 g/mol. The third kappa shape index (κ3) is 4.51. The van der Waals surface area contributed by atoms with Crippen LogP contribution in [0.5, 0.6) is 0 Å². The second-order valence-corrected chi connectivity index (χ2v) is 8.31. The Hall–Kier alpha value is -3.93. The van der Waals surface area contributed by atoms with Crippen LogP contribution in [0.2, 0.25) is 0 Å². The molecule has 6 heteroatoms. The molecular formula is C27H26N4O2. The Morgan fingerprint density at radius 2 is 1.76 bits per heavy atom. The van der Waals surface area contributed by atoms with Crippen molar-refractivity contribution in [1.29, 1.82) is 0 Å². The number of likely N-dealkylation sites (tertiary alicyclic amines) is 1. The van der Waals surface area contributed by atoms with E-state index in [-0.39, 0.29) is 11.9 Å². The number of para-hydroxylation sites is 2. The Kier molecular flexibility index (Phi) is 5.89. The van der Waals surface area contributed by atoms with Crippen molar-refractivity contribution in [2.75, 3.05) is 13.7 Å². The number of rotatable bonds is 6. The minimum absolute atomic E-state index is 0.0190. The second kappa shape index (κ2) is 9.28. The lowest BCUT2D eigenvalue weighted by atomic mass is 10.0. The summed E-state index contributed by atoms with van der Waals surface area (Å²) in [5, 5.41) is 4.14. The molecule has 1 N–H and O–H groups in total. The lowest BCUT2D eigenvalue weighted by Crippen LogP contribution is -2.36. The molecule has 166 valence electrons. The van der Waals surface area contributed by atoms with Gasteiger partial charge in [0.05, 0.1) is 23.3 Å². The Labute approximate surface area is 192 Å².